The molecule has 4 N–H and O–H groups in total. The van der Waals surface area contributed by atoms with Crippen molar-refractivity contribution in [3.63, 3.8) is 0 Å². The first kappa shape index (κ1) is 24.3. The number of carboxylic acid groups (broad SMARTS) is 1. The summed E-state index contributed by atoms with van der Waals surface area (Å²) in [6.45, 7) is 6.47. The van der Waals surface area contributed by atoms with E-state index in [1.165, 1.54) is 6.92 Å². The Hall–Kier alpha value is -3.73. The van der Waals surface area contributed by atoms with Crippen LogP contribution in [0.5, 0.6) is 17.2 Å². The van der Waals surface area contributed by atoms with Gasteiger partial charge in [-0.15, -0.1) is 0 Å². The van der Waals surface area contributed by atoms with Crippen molar-refractivity contribution in [2.45, 2.75) is 13.8 Å². The van der Waals surface area contributed by atoms with Crippen LogP contribution < -0.4 is 0 Å². The van der Waals surface area contributed by atoms with E-state index in [2.05, 4.69) is 6.58 Å². The minimum absolute atomic E-state index is 0.176. The number of para-hydroxylation sites is 3. The van der Waals surface area contributed by atoms with Crippen molar-refractivity contribution < 1.29 is 25.2 Å². The molecule has 3 rings (SSSR count). The van der Waals surface area contributed by atoms with Crippen LogP contribution >= 0.6 is 0 Å². The van der Waals surface area contributed by atoms with Gasteiger partial charge in [0.2, 0.25) is 0 Å². The molecule has 5 heteroatoms. The van der Waals surface area contributed by atoms with Gasteiger partial charge in [0.1, 0.15) is 17.2 Å². The summed E-state index contributed by atoms with van der Waals surface area (Å²) in [5.41, 5.74) is 1.10. The number of carboxylic acids is 1. The first-order valence-electron chi connectivity index (χ1n) is 8.35. The summed E-state index contributed by atoms with van der Waals surface area (Å²) in [6.07, 6.45) is 0. The van der Waals surface area contributed by atoms with Gasteiger partial charge in [0.15, 0.2) is 0 Å². The highest BCUT2D eigenvalue weighted by Crippen LogP contribution is 2.12. The number of aliphatic carboxylic acids is 1. The molecule has 0 aliphatic rings. The minimum Gasteiger partial charge on any atom is -0.508 e. The number of hydrogen-bond donors (Lipinski definition) is 4. The minimum atomic E-state index is -0.935. The average Bonchev–Trinajstić information content (AvgIpc) is 2.67. The van der Waals surface area contributed by atoms with Gasteiger partial charge in [-0.1, -0.05) is 61.2 Å². The first-order valence-corrected chi connectivity index (χ1v) is 8.35. The number of hydrogen-bond acceptors (Lipinski definition) is 4. The fraction of sp³-hybridized carbons (Fsp3) is 0.0870. The molecular formula is C23H26O5. The Kier molecular flexibility index (Phi) is 12.5. The summed E-state index contributed by atoms with van der Waals surface area (Å²) in [4.78, 5) is 9.60. The first-order chi connectivity index (χ1) is 13.2. The van der Waals surface area contributed by atoms with Gasteiger partial charge in [-0.25, -0.2) is 4.79 Å². The molecule has 0 unspecified atom stereocenters. The zero-order valence-corrected chi connectivity index (χ0v) is 16.0. The zero-order valence-electron chi connectivity index (χ0n) is 16.0. The number of phenolic OH excluding ortho intramolecular Hbond substituents is 3. The molecule has 0 saturated heterocycles. The molecule has 0 aliphatic heterocycles. The second kappa shape index (κ2) is 14.4. The second-order valence-electron chi connectivity index (χ2n) is 5.54. The number of carbonyl (C=O) groups is 1. The maximum atomic E-state index is 9.60. The summed E-state index contributed by atoms with van der Waals surface area (Å²) >= 11 is 0. The van der Waals surface area contributed by atoms with Gasteiger partial charge >= 0.3 is 5.97 Å². The Balaban J connectivity index is 0.000000349. The van der Waals surface area contributed by atoms with Crippen LogP contribution in [0, 0.1) is 6.92 Å². The topological polar surface area (TPSA) is 98.0 Å². The summed E-state index contributed by atoms with van der Waals surface area (Å²) in [5, 5.41) is 34.1. The highest BCUT2D eigenvalue weighted by Gasteiger charge is 1.90. The highest BCUT2D eigenvalue weighted by atomic mass is 16.4. The average molecular weight is 382 g/mol. The molecule has 0 aliphatic carbocycles. The van der Waals surface area contributed by atoms with E-state index in [-0.39, 0.29) is 5.57 Å². The van der Waals surface area contributed by atoms with E-state index >= 15 is 0 Å². The fourth-order valence-corrected chi connectivity index (χ4v) is 1.42. The normalized spacial score (nSPS) is 8.50. The Labute approximate surface area is 165 Å². The number of benzene rings is 3. The molecule has 28 heavy (non-hydrogen) atoms. The number of rotatable bonds is 1. The van der Waals surface area contributed by atoms with Gasteiger partial charge in [-0.3, -0.25) is 0 Å². The lowest BCUT2D eigenvalue weighted by atomic mass is 10.2. The van der Waals surface area contributed by atoms with Gasteiger partial charge in [-0.2, -0.15) is 0 Å². The maximum Gasteiger partial charge on any atom is 0.330 e. The molecule has 0 amide bonds. The summed E-state index contributed by atoms with van der Waals surface area (Å²) in [6, 6.07) is 24.7. The molecule has 0 aromatic heterocycles. The van der Waals surface area contributed by atoms with Crippen LogP contribution in [0.25, 0.3) is 0 Å². The molecule has 0 heterocycles. The van der Waals surface area contributed by atoms with Crippen molar-refractivity contribution in [1.82, 2.24) is 0 Å². The molecule has 0 fully saturated rings. The van der Waals surface area contributed by atoms with Gasteiger partial charge in [0, 0.05) is 5.57 Å². The molecular weight excluding hydrogens is 356 g/mol. The Morgan fingerprint density at radius 2 is 1.04 bits per heavy atom. The van der Waals surface area contributed by atoms with E-state index in [1.54, 1.807) is 54.6 Å². The third kappa shape index (κ3) is 13.5. The Bertz CT molecular complexity index is 744. The van der Waals surface area contributed by atoms with Gasteiger partial charge in [-0.05, 0) is 49.7 Å². The van der Waals surface area contributed by atoms with Crippen LogP contribution in [-0.4, -0.2) is 26.4 Å². The van der Waals surface area contributed by atoms with Crippen molar-refractivity contribution in [3.8, 4) is 17.2 Å². The molecule has 0 bridgehead atoms. The van der Waals surface area contributed by atoms with E-state index in [1.807, 2.05) is 37.3 Å². The third-order valence-corrected chi connectivity index (χ3v) is 2.99. The highest BCUT2D eigenvalue weighted by molar-refractivity contribution is 5.84. The standard InChI is InChI=1S/C7H8O.2C6H6O.C4H6O2/c1-6-4-2-3-5-7(6)8;2*7-6-4-2-1-3-5-6;1-3(2)4(5)6/h2-5,8H,1H3;2*1-5,7H;1H2,2H3,(H,5,6). The summed E-state index contributed by atoms with van der Waals surface area (Å²) in [5.74, 6) is 0.0764. The molecule has 3 aromatic carbocycles. The predicted molar refractivity (Wildman–Crippen MR) is 112 cm³/mol. The lowest BCUT2D eigenvalue weighted by Gasteiger charge is -1.92. The molecule has 148 valence electrons. The zero-order chi connectivity index (χ0) is 21.4. The monoisotopic (exact) mass is 382 g/mol. The van der Waals surface area contributed by atoms with Crippen LogP contribution in [0.15, 0.2) is 97.1 Å². The lowest BCUT2D eigenvalue weighted by Crippen LogP contribution is -1.92. The quantitative estimate of drug-likeness (QED) is 0.437. The molecule has 0 radical (unpaired) electrons. The smallest absolute Gasteiger partial charge is 0.330 e. The van der Waals surface area contributed by atoms with Gasteiger partial charge in [0.25, 0.3) is 0 Å². The van der Waals surface area contributed by atoms with E-state index in [0.717, 1.165) is 5.56 Å². The molecule has 3 aromatic rings. The van der Waals surface area contributed by atoms with E-state index < -0.39 is 5.97 Å². The van der Waals surface area contributed by atoms with Crippen LogP contribution in [0.2, 0.25) is 0 Å². The largest absolute Gasteiger partial charge is 0.508 e. The van der Waals surface area contributed by atoms with Crippen LogP contribution in [0.4, 0.5) is 0 Å². The van der Waals surface area contributed by atoms with Crippen LogP contribution in [0.3, 0.4) is 0 Å². The van der Waals surface area contributed by atoms with E-state index in [9.17, 15) is 4.79 Å². The van der Waals surface area contributed by atoms with E-state index in [0.29, 0.717) is 17.2 Å². The number of phenols is 3. The van der Waals surface area contributed by atoms with Crippen molar-refractivity contribution in [2.75, 3.05) is 0 Å². The van der Waals surface area contributed by atoms with Crippen molar-refractivity contribution in [3.05, 3.63) is 103 Å². The summed E-state index contributed by atoms with van der Waals surface area (Å²) < 4.78 is 0. The number of aryl methyl sites for hydroxylation is 1. The SMILES string of the molecule is C=C(C)C(=O)O.Cc1ccccc1O.Oc1ccccc1.Oc1ccccc1. The van der Waals surface area contributed by atoms with Gasteiger partial charge in [0.05, 0.1) is 0 Å². The van der Waals surface area contributed by atoms with Crippen LogP contribution in [-0.2, 0) is 4.79 Å². The maximum absolute atomic E-state index is 9.60. The molecule has 0 spiro atoms. The van der Waals surface area contributed by atoms with Crippen molar-refractivity contribution >= 4 is 5.97 Å². The molecule has 0 atom stereocenters. The molecule has 5 nitrogen and oxygen atoms in total. The van der Waals surface area contributed by atoms with Crippen molar-refractivity contribution in [2.24, 2.45) is 0 Å². The summed E-state index contributed by atoms with van der Waals surface area (Å²) in [7, 11) is 0. The Morgan fingerprint density at radius 3 is 1.21 bits per heavy atom. The fourth-order valence-electron chi connectivity index (χ4n) is 1.42. The lowest BCUT2D eigenvalue weighted by molar-refractivity contribution is -0.132. The second-order valence-corrected chi connectivity index (χ2v) is 5.54. The molecule has 0 saturated carbocycles. The number of aromatic hydroxyl groups is 3. The van der Waals surface area contributed by atoms with Crippen LogP contribution in [0.1, 0.15) is 12.5 Å². The van der Waals surface area contributed by atoms with Gasteiger partial charge < -0.3 is 20.4 Å². The predicted octanol–water partition coefficient (Wildman–Crippen LogP) is 5.13. The Morgan fingerprint density at radius 1 is 0.714 bits per heavy atom. The van der Waals surface area contributed by atoms with Crippen molar-refractivity contribution in [1.29, 1.82) is 0 Å². The third-order valence-electron chi connectivity index (χ3n) is 2.99. The van der Waals surface area contributed by atoms with E-state index in [4.69, 9.17) is 20.4 Å².